The van der Waals surface area contributed by atoms with Crippen LogP contribution in [0.25, 0.3) is 0 Å². The van der Waals surface area contributed by atoms with Gasteiger partial charge in [0.05, 0.1) is 22.7 Å². The average molecular weight is 662 g/mol. The number of methoxy groups -OCH3 is 1. The number of sulfonamides is 1. The first-order valence-electron chi connectivity index (χ1n) is 15.0. The van der Waals surface area contributed by atoms with Crippen molar-refractivity contribution in [1.29, 1.82) is 0 Å². The summed E-state index contributed by atoms with van der Waals surface area (Å²) in [4.78, 5) is 29.9. The molecule has 4 aromatic rings. The molecule has 0 saturated carbocycles. The number of amides is 2. The highest BCUT2D eigenvalue weighted by atomic mass is 35.5. The van der Waals surface area contributed by atoms with Crippen LogP contribution in [0.1, 0.15) is 36.1 Å². The fraction of sp³-hybridized carbons (Fsp3) is 0.278. The number of anilines is 1. The molecule has 0 aliphatic carbocycles. The summed E-state index contributed by atoms with van der Waals surface area (Å²) in [7, 11) is -2.79. The van der Waals surface area contributed by atoms with Gasteiger partial charge in [-0.15, -0.1) is 0 Å². The largest absolute Gasteiger partial charge is 0.495 e. The third-order valence-electron chi connectivity index (χ3n) is 7.45. The normalized spacial score (nSPS) is 12.0. The first kappa shape index (κ1) is 34.5. The lowest BCUT2D eigenvalue weighted by molar-refractivity contribution is -0.140. The molecule has 4 aromatic carbocycles. The van der Waals surface area contributed by atoms with Crippen LogP contribution < -0.4 is 14.4 Å². The van der Waals surface area contributed by atoms with Gasteiger partial charge in [-0.1, -0.05) is 89.5 Å². The van der Waals surface area contributed by atoms with Crippen molar-refractivity contribution in [1.82, 2.24) is 10.2 Å². The molecule has 0 radical (unpaired) electrons. The van der Waals surface area contributed by atoms with E-state index in [0.29, 0.717) is 5.75 Å². The minimum Gasteiger partial charge on any atom is -0.495 e. The molecule has 0 heterocycles. The SMILES string of the molecule is COc1ccc(N(CC(=O)N(Cc2cccc(C)c2)[C@H](Cc2ccccc2)C(=O)NC(C)C)S(=O)(=O)c2ccc(C)cc2)cc1Cl. The van der Waals surface area contributed by atoms with E-state index in [0.717, 1.165) is 26.6 Å². The monoisotopic (exact) mass is 661 g/mol. The minimum atomic E-state index is -4.25. The summed E-state index contributed by atoms with van der Waals surface area (Å²) in [6.07, 6.45) is 0.232. The van der Waals surface area contributed by atoms with E-state index in [2.05, 4.69) is 5.32 Å². The predicted molar refractivity (Wildman–Crippen MR) is 183 cm³/mol. The summed E-state index contributed by atoms with van der Waals surface area (Å²) in [5.74, 6) is -0.525. The van der Waals surface area contributed by atoms with Crippen LogP contribution in [0.15, 0.2) is 102 Å². The first-order valence-corrected chi connectivity index (χ1v) is 16.8. The van der Waals surface area contributed by atoms with E-state index in [1.165, 1.54) is 30.2 Å². The summed E-state index contributed by atoms with van der Waals surface area (Å²) >= 11 is 6.45. The fourth-order valence-electron chi connectivity index (χ4n) is 5.12. The van der Waals surface area contributed by atoms with Gasteiger partial charge in [0, 0.05) is 19.0 Å². The van der Waals surface area contributed by atoms with Gasteiger partial charge in [0.1, 0.15) is 18.3 Å². The lowest BCUT2D eigenvalue weighted by Gasteiger charge is -2.34. The smallest absolute Gasteiger partial charge is 0.264 e. The van der Waals surface area contributed by atoms with Crippen molar-refractivity contribution < 1.29 is 22.7 Å². The van der Waals surface area contributed by atoms with Crippen LogP contribution in [0.2, 0.25) is 5.02 Å². The van der Waals surface area contributed by atoms with E-state index >= 15 is 0 Å². The van der Waals surface area contributed by atoms with Crippen LogP contribution >= 0.6 is 11.6 Å². The van der Waals surface area contributed by atoms with Crippen LogP contribution in [0.3, 0.4) is 0 Å². The minimum absolute atomic E-state index is 0.0152. The predicted octanol–water partition coefficient (Wildman–Crippen LogP) is 6.33. The molecule has 8 nitrogen and oxygen atoms in total. The maximum Gasteiger partial charge on any atom is 0.264 e. The topological polar surface area (TPSA) is 96.0 Å². The Morgan fingerprint density at radius 2 is 1.52 bits per heavy atom. The van der Waals surface area contributed by atoms with Gasteiger partial charge in [-0.05, 0) is 69.2 Å². The third kappa shape index (κ3) is 8.68. The number of benzene rings is 4. The van der Waals surface area contributed by atoms with Gasteiger partial charge in [0.2, 0.25) is 11.8 Å². The van der Waals surface area contributed by atoms with Crippen molar-refractivity contribution in [2.75, 3.05) is 18.0 Å². The van der Waals surface area contributed by atoms with Gasteiger partial charge in [-0.2, -0.15) is 0 Å². The number of halogens is 1. The molecular weight excluding hydrogens is 622 g/mol. The van der Waals surface area contributed by atoms with Gasteiger partial charge < -0.3 is 15.0 Å². The van der Waals surface area contributed by atoms with E-state index in [-0.39, 0.29) is 40.5 Å². The van der Waals surface area contributed by atoms with Crippen LogP contribution in [0.5, 0.6) is 5.75 Å². The molecule has 0 spiro atoms. The van der Waals surface area contributed by atoms with Crippen LogP contribution in [0, 0.1) is 13.8 Å². The Hall–Kier alpha value is -4.34. The maximum atomic E-state index is 14.6. The Kier molecular flexibility index (Phi) is 11.5. The summed E-state index contributed by atoms with van der Waals surface area (Å²) < 4.78 is 34.7. The molecule has 242 valence electrons. The number of hydrogen-bond acceptors (Lipinski definition) is 5. The lowest BCUT2D eigenvalue weighted by atomic mass is 10.0. The number of rotatable bonds is 13. The van der Waals surface area contributed by atoms with Gasteiger partial charge in [0.15, 0.2) is 0 Å². The number of ether oxygens (including phenoxy) is 1. The van der Waals surface area contributed by atoms with Gasteiger partial charge in [0.25, 0.3) is 10.0 Å². The quantitative estimate of drug-likeness (QED) is 0.181. The van der Waals surface area contributed by atoms with Crippen molar-refractivity contribution in [2.45, 2.75) is 57.6 Å². The Bertz CT molecular complexity index is 1760. The van der Waals surface area contributed by atoms with E-state index in [1.807, 2.05) is 82.3 Å². The van der Waals surface area contributed by atoms with Crippen LogP contribution in [0.4, 0.5) is 5.69 Å². The maximum absolute atomic E-state index is 14.6. The van der Waals surface area contributed by atoms with E-state index in [9.17, 15) is 18.0 Å². The number of hydrogen-bond donors (Lipinski definition) is 1. The second-order valence-corrected chi connectivity index (χ2v) is 13.8. The molecule has 0 aliphatic heterocycles. The number of nitrogens with zero attached hydrogens (tertiary/aromatic N) is 2. The Labute approximate surface area is 277 Å². The zero-order valence-electron chi connectivity index (χ0n) is 26.7. The molecule has 0 aliphatic rings. The molecule has 4 rings (SSSR count). The Morgan fingerprint density at radius 3 is 2.13 bits per heavy atom. The molecule has 0 saturated heterocycles. The molecule has 0 fully saturated rings. The molecule has 2 amide bonds. The second-order valence-electron chi connectivity index (χ2n) is 11.5. The highest BCUT2D eigenvalue weighted by Gasteiger charge is 2.35. The summed E-state index contributed by atoms with van der Waals surface area (Å²) in [5.41, 5.74) is 3.73. The summed E-state index contributed by atoms with van der Waals surface area (Å²) in [6, 6.07) is 27.0. The van der Waals surface area contributed by atoms with Gasteiger partial charge in [-0.25, -0.2) is 8.42 Å². The van der Waals surface area contributed by atoms with Crippen molar-refractivity contribution in [3.63, 3.8) is 0 Å². The molecular formula is C36H40ClN3O5S. The third-order valence-corrected chi connectivity index (χ3v) is 9.53. The standard InChI is InChI=1S/C36H40ClN3O5S/c1-25(2)38-36(42)33(21-28-11-7-6-8-12-28)39(23-29-13-9-10-27(4)20-29)35(41)24-40(30-16-19-34(45-5)32(37)22-30)46(43,44)31-17-14-26(3)15-18-31/h6-20,22,25,33H,21,23-24H2,1-5H3,(H,38,42)/t33-/m1/s1. The fourth-order valence-corrected chi connectivity index (χ4v) is 6.78. The van der Waals surface area contributed by atoms with E-state index in [1.54, 1.807) is 24.3 Å². The molecule has 46 heavy (non-hydrogen) atoms. The molecule has 1 atom stereocenters. The molecule has 10 heteroatoms. The van der Waals surface area contributed by atoms with Crippen LogP contribution in [-0.2, 0) is 32.6 Å². The van der Waals surface area contributed by atoms with Crippen molar-refractivity contribution in [3.8, 4) is 5.75 Å². The van der Waals surface area contributed by atoms with Crippen molar-refractivity contribution in [2.24, 2.45) is 0 Å². The zero-order chi connectivity index (χ0) is 33.4. The number of carbonyl (C=O) groups excluding carboxylic acids is 2. The zero-order valence-corrected chi connectivity index (χ0v) is 28.3. The number of aryl methyl sites for hydroxylation is 2. The molecule has 0 aromatic heterocycles. The molecule has 0 unspecified atom stereocenters. The Balaban J connectivity index is 1.83. The first-order chi connectivity index (χ1) is 21.9. The highest BCUT2D eigenvalue weighted by molar-refractivity contribution is 7.92. The molecule has 0 bridgehead atoms. The highest BCUT2D eigenvalue weighted by Crippen LogP contribution is 2.32. The number of carbonyl (C=O) groups is 2. The lowest BCUT2D eigenvalue weighted by Crippen LogP contribution is -2.54. The van der Waals surface area contributed by atoms with Crippen molar-refractivity contribution >= 4 is 39.1 Å². The average Bonchev–Trinajstić information content (AvgIpc) is 3.01. The van der Waals surface area contributed by atoms with E-state index < -0.39 is 28.5 Å². The van der Waals surface area contributed by atoms with E-state index in [4.69, 9.17) is 16.3 Å². The van der Waals surface area contributed by atoms with Gasteiger partial charge in [-0.3, -0.25) is 13.9 Å². The van der Waals surface area contributed by atoms with Crippen LogP contribution in [-0.4, -0.2) is 50.9 Å². The summed E-state index contributed by atoms with van der Waals surface area (Å²) in [5, 5.41) is 3.15. The second kappa shape index (κ2) is 15.3. The Morgan fingerprint density at radius 1 is 0.848 bits per heavy atom. The van der Waals surface area contributed by atoms with Gasteiger partial charge >= 0.3 is 0 Å². The molecule has 1 N–H and O–H groups in total. The van der Waals surface area contributed by atoms with Crippen molar-refractivity contribution in [3.05, 3.63) is 124 Å². The summed E-state index contributed by atoms with van der Waals surface area (Å²) in [6.45, 7) is 7.03. The number of nitrogens with one attached hydrogen (secondary N) is 1.